The quantitative estimate of drug-likeness (QED) is 0.463. The number of hydrogen-bond acceptors (Lipinski definition) is 5. The zero-order valence-electron chi connectivity index (χ0n) is 15.2. The Bertz CT molecular complexity index is 1000. The van der Waals surface area contributed by atoms with Crippen LogP contribution in [-0.2, 0) is 15.1 Å². The maximum Gasteiger partial charge on any atom is 0.336 e. The third-order valence-corrected chi connectivity index (χ3v) is 5.34. The van der Waals surface area contributed by atoms with Gasteiger partial charge in [0.15, 0.2) is 0 Å². The molecular formula is C21H18N2O5. The molecule has 0 saturated carbocycles. The second-order valence-electron chi connectivity index (χ2n) is 6.73. The smallest absolute Gasteiger partial charge is 0.336 e. The van der Waals surface area contributed by atoms with Crippen molar-refractivity contribution < 1.29 is 19.2 Å². The number of rotatable bonds is 4. The molecule has 4 rings (SSSR count). The van der Waals surface area contributed by atoms with Crippen molar-refractivity contribution in [1.82, 2.24) is 0 Å². The Morgan fingerprint density at radius 2 is 1.86 bits per heavy atom. The van der Waals surface area contributed by atoms with Crippen LogP contribution in [0.25, 0.3) is 0 Å². The minimum Gasteiger partial charge on any atom is -0.463 e. The van der Waals surface area contributed by atoms with E-state index in [0.717, 1.165) is 0 Å². The summed E-state index contributed by atoms with van der Waals surface area (Å²) in [6.45, 7) is 1.82. The fourth-order valence-electron chi connectivity index (χ4n) is 4.17. The summed E-state index contributed by atoms with van der Waals surface area (Å²) < 4.78 is 5.12. The van der Waals surface area contributed by atoms with E-state index in [4.69, 9.17) is 4.74 Å². The number of nitro groups is 1. The average Bonchev–Trinajstić information content (AvgIpc) is 3.23. The van der Waals surface area contributed by atoms with Crippen molar-refractivity contribution in [3.05, 3.63) is 87.5 Å². The first kappa shape index (κ1) is 17.9. The van der Waals surface area contributed by atoms with Crippen molar-refractivity contribution in [3.8, 4) is 0 Å². The predicted molar refractivity (Wildman–Crippen MR) is 101 cm³/mol. The van der Waals surface area contributed by atoms with Crippen molar-refractivity contribution in [2.75, 3.05) is 11.5 Å². The summed E-state index contributed by atoms with van der Waals surface area (Å²) in [5.74, 6) is -1.02. The molecule has 28 heavy (non-hydrogen) atoms. The third-order valence-electron chi connectivity index (χ3n) is 5.34. The highest BCUT2D eigenvalue weighted by molar-refractivity contribution is 6.10. The number of carbonyl (C=O) groups is 2. The van der Waals surface area contributed by atoms with Crippen LogP contribution in [0.1, 0.15) is 29.3 Å². The first-order valence-corrected chi connectivity index (χ1v) is 9.02. The Morgan fingerprint density at radius 3 is 2.54 bits per heavy atom. The van der Waals surface area contributed by atoms with Crippen LogP contribution in [0.3, 0.4) is 0 Å². The molecule has 0 bridgehead atoms. The molecule has 2 aromatic rings. The van der Waals surface area contributed by atoms with E-state index < -0.39 is 17.6 Å². The molecule has 1 aliphatic heterocycles. The minimum atomic E-state index is -1.59. The number of hydrogen-bond donors (Lipinski definition) is 0. The number of benzene rings is 2. The van der Waals surface area contributed by atoms with Gasteiger partial charge in [0.2, 0.25) is 0 Å². The molecule has 2 aliphatic rings. The van der Waals surface area contributed by atoms with Crippen LogP contribution in [0.2, 0.25) is 0 Å². The molecular weight excluding hydrogens is 360 g/mol. The van der Waals surface area contributed by atoms with E-state index in [1.165, 1.54) is 11.0 Å². The molecule has 1 amide bonds. The summed E-state index contributed by atoms with van der Waals surface area (Å²) >= 11 is 0. The number of esters is 1. The molecule has 0 unspecified atom stereocenters. The van der Waals surface area contributed by atoms with Gasteiger partial charge in [-0.2, -0.15) is 0 Å². The van der Waals surface area contributed by atoms with Crippen molar-refractivity contribution in [2.45, 2.75) is 24.9 Å². The van der Waals surface area contributed by atoms with Crippen molar-refractivity contribution in [1.29, 1.82) is 0 Å². The minimum absolute atomic E-state index is 0.0222. The zero-order valence-corrected chi connectivity index (χ0v) is 15.2. The van der Waals surface area contributed by atoms with Crippen LogP contribution in [0.15, 0.2) is 66.2 Å². The summed E-state index contributed by atoms with van der Waals surface area (Å²) in [5, 5.41) is 12.3. The molecule has 0 N–H and O–H groups in total. The molecule has 2 atom stereocenters. The normalized spacial score (nSPS) is 22.2. The Balaban J connectivity index is 1.91. The number of fused-ring (bicyclic) bond motifs is 3. The molecule has 2 aromatic carbocycles. The molecule has 142 valence electrons. The summed E-state index contributed by atoms with van der Waals surface area (Å²) in [7, 11) is 0. The van der Waals surface area contributed by atoms with E-state index in [9.17, 15) is 19.7 Å². The fraction of sp³-hybridized carbons (Fsp3) is 0.238. The monoisotopic (exact) mass is 378 g/mol. The first-order valence-electron chi connectivity index (χ1n) is 9.02. The fourth-order valence-corrected chi connectivity index (χ4v) is 4.17. The van der Waals surface area contributed by atoms with Crippen LogP contribution in [-0.4, -0.2) is 29.4 Å². The second kappa shape index (κ2) is 6.60. The molecule has 1 aliphatic carbocycles. The van der Waals surface area contributed by atoms with Crippen molar-refractivity contribution in [2.24, 2.45) is 0 Å². The lowest BCUT2D eigenvalue weighted by Crippen LogP contribution is -2.51. The highest BCUT2D eigenvalue weighted by Crippen LogP contribution is 2.54. The van der Waals surface area contributed by atoms with E-state index in [2.05, 4.69) is 0 Å². The van der Waals surface area contributed by atoms with Gasteiger partial charge in [0.05, 0.1) is 23.4 Å². The lowest BCUT2D eigenvalue weighted by Gasteiger charge is -2.28. The number of ether oxygens (including phenoxy) is 1. The van der Waals surface area contributed by atoms with Crippen LogP contribution < -0.4 is 4.90 Å². The van der Waals surface area contributed by atoms with Gasteiger partial charge in [-0.25, -0.2) is 4.79 Å². The summed E-state index contributed by atoms with van der Waals surface area (Å²) in [6.07, 6.45) is 1.56. The average molecular weight is 378 g/mol. The number of anilines is 1. The standard InChI is InChI=1S/C21H18N2O5/c1-2-28-20(25)15-12-13-21(23(26)27)16-10-6-7-11-17(16)22(18(15)21)19(24)14-8-4-3-5-9-14/h3-12,18H,2,13H2,1H3/t18-,21-/m1/s1. The molecule has 1 heterocycles. The van der Waals surface area contributed by atoms with E-state index >= 15 is 0 Å². The van der Waals surface area contributed by atoms with Gasteiger partial charge in [0.1, 0.15) is 6.04 Å². The molecule has 7 heteroatoms. The Labute approximate surface area is 161 Å². The maximum absolute atomic E-state index is 13.4. The van der Waals surface area contributed by atoms with E-state index in [-0.39, 0.29) is 29.4 Å². The predicted octanol–water partition coefficient (Wildman–Crippen LogP) is 3.08. The molecule has 0 fully saturated rings. The van der Waals surface area contributed by atoms with E-state index in [1.807, 2.05) is 0 Å². The van der Waals surface area contributed by atoms with Crippen molar-refractivity contribution in [3.63, 3.8) is 0 Å². The number of carbonyl (C=O) groups excluding carboxylic acids is 2. The number of para-hydroxylation sites is 1. The second-order valence-corrected chi connectivity index (χ2v) is 6.73. The summed E-state index contributed by atoms with van der Waals surface area (Å²) in [6, 6.07) is 14.3. The van der Waals surface area contributed by atoms with Gasteiger partial charge < -0.3 is 4.74 Å². The first-order chi connectivity index (χ1) is 13.5. The lowest BCUT2D eigenvalue weighted by molar-refractivity contribution is -0.577. The van der Waals surface area contributed by atoms with Crippen LogP contribution in [0.5, 0.6) is 0 Å². The largest absolute Gasteiger partial charge is 0.463 e. The molecule has 0 aromatic heterocycles. The van der Waals surface area contributed by atoms with Gasteiger partial charge in [0.25, 0.3) is 11.4 Å². The Kier molecular flexibility index (Phi) is 4.22. The van der Waals surface area contributed by atoms with Crippen LogP contribution >= 0.6 is 0 Å². The maximum atomic E-state index is 13.4. The topological polar surface area (TPSA) is 89.8 Å². The summed E-state index contributed by atoms with van der Waals surface area (Å²) in [4.78, 5) is 39.2. The van der Waals surface area contributed by atoms with Gasteiger partial charge in [-0.3, -0.25) is 19.8 Å². The summed E-state index contributed by atoms with van der Waals surface area (Å²) in [5.41, 5.74) is -0.160. The zero-order chi connectivity index (χ0) is 19.9. The van der Waals surface area contributed by atoms with Gasteiger partial charge in [-0.1, -0.05) is 36.4 Å². The number of amides is 1. The highest BCUT2D eigenvalue weighted by atomic mass is 16.6. The van der Waals surface area contributed by atoms with Gasteiger partial charge in [-0.05, 0) is 31.2 Å². The number of nitrogens with zero attached hydrogens (tertiary/aromatic N) is 2. The van der Waals surface area contributed by atoms with E-state index in [1.54, 1.807) is 61.5 Å². The van der Waals surface area contributed by atoms with Crippen molar-refractivity contribution >= 4 is 17.6 Å². The highest BCUT2D eigenvalue weighted by Gasteiger charge is 2.66. The molecule has 0 spiro atoms. The molecule has 0 saturated heterocycles. The van der Waals surface area contributed by atoms with E-state index in [0.29, 0.717) is 16.8 Å². The van der Waals surface area contributed by atoms with Gasteiger partial charge in [0, 0.05) is 16.9 Å². The Morgan fingerprint density at radius 1 is 1.18 bits per heavy atom. The molecule has 0 radical (unpaired) electrons. The third kappa shape index (κ3) is 2.36. The lowest BCUT2D eigenvalue weighted by atomic mass is 9.86. The molecule has 7 nitrogen and oxygen atoms in total. The van der Waals surface area contributed by atoms with Crippen LogP contribution in [0.4, 0.5) is 5.69 Å². The Hall–Kier alpha value is -3.48. The SMILES string of the molecule is CCOC(=O)C1=CC[C@@]2([N+](=O)[O-])c3ccccc3N(C(=O)c3ccccc3)[C@H]12. The van der Waals surface area contributed by atoms with Crippen LogP contribution in [0, 0.1) is 10.1 Å². The van der Waals surface area contributed by atoms with Gasteiger partial charge >= 0.3 is 5.97 Å². The van der Waals surface area contributed by atoms with Gasteiger partial charge in [-0.15, -0.1) is 0 Å².